The standard InChI is InChI=1S/C37H61NO12S/c1-12-28-37(8,43)32(41)23(4)29(39)21(2)19-36(7,46-11)33(49-35-30(40)27(38(9)10)18-22(3)47-35)24(5)31(25(6)34(42)48-28)50-51(44,45)20-26-16-14-13-15-17-26/h13-17,21-25,27-28,30-33,35,40-41,43H,12,18-20H2,1-11H3/t21-,22-,23+,24+,25-,27+,28-,30?,31+,32-,33-,35?,36+,37-/m1/s1. The summed E-state index contributed by atoms with van der Waals surface area (Å²) < 4.78 is 58.2. The number of nitrogens with zero attached hydrogens (tertiary/aromatic N) is 1. The number of carbonyl (C=O) groups is 2. The Balaban J connectivity index is 2.23. The average molecular weight is 744 g/mol. The molecule has 2 heterocycles. The Hall–Kier alpha value is -2.01. The number of Topliss-reactive ketones (excluding diaryl/α,β-unsaturated/α-hetero) is 1. The summed E-state index contributed by atoms with van der Waals surface area (Å²) >= 11 is 0. The molecule has 2 aliphatic heterocycles. The second kappa shape index (κ2) is 17.4. The largest absolute Gasteiger partial charge is 0.459 e. The van der Waals surface area contributed by atoms with Gasteiger partial charge in [0.2, 0.25) is 0 Å². The van der Waals surface area contributed by atoms with E-state index in [0.717, 1.165) is 0 Å². The van der Waals surface area contributed by atoms with Crippen molar-refractivity contribution in [2.75, 3.05) is 21.2 Å². The lowest BCUT2D eigenvalue weighted by Crippen LogP contribution is -2.60. The number of hydrogen-bond donors (Lipinski definition) is 3. The molecule has 51 heavy (non-hydrogen) atoms. The molecule has 13 nitrogen and oxygen atoms in total. The van der Waals surface area contributed by atoms with Crippen molar-refractivity contribution in [1.29, 1.82) is 0 Å². The molecule has 0 bridgehead atoms. The maximum absolute atomic E-state index is 14.0. The highest BCUT2D eigenvalue weighted by atomic mass is 32.2. The molecular formula is C37H61NO12S. The normalized spacial score (nSPS) is 40.8. The highest BCUT2D eigenvalue weighted by Crippen LogP contribution is 2.40. The Morgan fingerprint density at radius 2 is 1.61 bits per heavy atom. The lowest BCUT2D eigenvalue weighted by molar-refractivity contribution is -0.300. The van der Waals surface area contributed by atoms with Crippen LogP contribution in [0.15, 0.2) is 30.3 Å². The fraction of sp³-hybridized carbons (Fsp3) is 0.784. The number of benzene rings is 1. The molecule has 2 aliphatic rings. The van der Waals surface area contributed by atoms with Gasteiger partial charge in [-0.15, -0.1) is 0 Å². The molecule has 0 amide bonds. The van der Waals surface area contributed by atoms with E-state index in [1.165, 1.54) is 27.9 Å². The third-order valence-electron chi connectivity index (χ3n) is 10.9. The van der Waals surface area contributed by atoms with E-state index in [2.05, 4.69) is 0 Å². The first-order valence-corrected chi connectivity index (χ1v) is 19.5. The zero-order chi connectivity index (χ0) is 38.6. The molecule has 14 heteroatoms. The molecule has 292 valence electrons. The van der Waals surface area contributed by atoms with Crippen LogP contribution >= 0.6 is 0 Å². The average Bonchev–Trinajstić information content (AvgIpc) is 3.07. The number of ether oxygens (including phenoxy) is 4. The number of aliphatic hydroxyl groups is 3. The van der Waals surface area contributed by atoms with Gasteiger partial charge in [0.05, 0.1) is 35.9 Å². The molecule has 2 fully saturated rings. The van der Waals surface area contributed by atoms with Crippen molar-refractivity contribution in [1.82, 2.24) is 4.90 Å². The summed E-state index contributed by atoms with van der Waals surface area (Å²) in [6.45, 7) is 12.9. The molecule has 0 spiro atoms. The topological polar surface area (TPSA) is 178 Å². The Bertz CT molecular complexity index is 1410. The van der Waals surface area contributed by atoms with Crippen LogP contribution in [-0.4, -0.2) is 122 Å². The minimum Gasteiger partial charge on any atom is -0.459 e. The summed E-state index contributed by atoms with van der Waals surface area (Å²) in [6, 6.07) is 8.12. The Kier molecular flexibility index (Phi) is 14.8. The maximum atomic E-state index is 14.0. The Morgan fingerprint density at radius 3 is 2.16 bits per heavy atom. The molecule has 0 saturated carbocycles. The summed E-state index contributed by atoms with van der Waals surface area (Å²) in [5.74, 6) is -5.81. The fourth-order valence-electron chi connectivity index (χ4n) is 7.73. The van der Waals surface area contributed by atoms with Crippen molar-refractivity contribution in [2.24, 2.45) is 23.7 Å². The van der Waals surface area contributed by atoms with E-state index in [4.69, 9.17) is 23.1 Å². The van der Waals surface area contributed by atoms with Gasteiger partial charge in [-0.2, -0.15) is 8.42 Å². The number of likely N-dealkylation sites (N-methyl/N-ethyl adjacent to an activating group) is 1. The third kappa shape index (κ3) is 10.2. The number of carbonyl (C=O) groups excluding carboxylic acids is 2. The summed E-state index contributed by atoms with van der Waals surface area (Å²) in [5, 5.41) is 34.4. The van der Waals surface area contributed by atoms with Gasteiger partial charge in [-0.25, -0.2) is 0 Å². The molecule has 2 saturated heterocycles. The van der Waals surface area contributed by atoms with Crippen molar-refractivity contribution in [3.05, 3.63) is 35.9 Å². The molecule has 1 aromatic carbocycles. The minimum absolute atomic E-state index is 0.0194. The van der Waals surface area contributed by atoms with Gasteiger partial charge in [0.15, 0.2) is 6.29 Å². The quantitative estimate of drug-likeness (QED) is 0.249. The third-order valence-corrected chi connectivity index (χ3v) is 12.1. The van der Waals surface area contributed by atoms with Crippen LogP contribution in [0.5, 0.6) is 0 Å². The summed E-state index contributed by atoms with van der Waals surface area (Å²) in [4.78, 5) is 29.8. The second-order valence-electron chi connectivity index (χ2n) is 15.3. The fourth-order valence-corrected chi connectivity index (χ4v) is 9.08. The van der Waals surface area contributed by atoms with Crippen LogP contribution in [-0.2, 0) is 48.6 Å². The van der Waals surface area contributed by atoms with E-state index in [9.17, 15) is 33.3 Å². The minimum atomic E-state index is -4.35. The number of aliphatic hydroxyl groups excluding tert-OH is 2. The molecule has 0 aromatic heterocycles. The Morgan fingerprint density at radius 1 is 1.00 bits per heavy atom. The molecular weight excluding hydrogens is 682 g/mol. The first-order valence-electron chi connectivity index (χ1n) is 17.9. The van der Waals surface area contributed by atoms with Crippen LogP contribution in [0.2, 0.25) is 0 Å². The van der Waals surface area contributed by atoms with Gasteiger partial charge in [-0.3, -0.25) is 13.8 Å². The smallest absolute Gasteiger partial charge is 0.311 e. The van der Waals surface area contributed by atoms with E-state index in [-0.39, 0.29) is 30.8 Å². The maximum Gasteiger partial charge on any atom is 0.311 e. The van der Waals surface area contributed by atoms with Crippen LogP contribution in [0.3, 0.4) is 0 Å². The number of rotatable bonds is 9. The van der Waals surface area contributed by atoms with Gasteiger partial charge >= 0.3 is 5.97 Å². The van der Waals surface area contributed by atoms with Crippen LogP contribution in [0.1, 0.15) is 80.2 Å². The van der Waals surface area contributed by atoms with Gasteiger partial charge in [0.25, 0.3) is 10.1 Å². The van der Waals surface area contributed by atoms with E-state index >= 15 is 0 Å². The van der Waals surface area contributed by atoms with Crippen LogP contribution in [0.25, 0.3) is 0 Å². The Labute approximate surface area is 304 Å². The van der Waals surface area contributed by atoms with E-state index in [0.29, 0.717) is 12.0 Å². The molecule has 1 aromatic rings. The lowest BCUT2D eigenvalue weighted by Gasteiger charge is -2.48. The summed E-state index contributed by atoms with van der Waals surface area (Å²) in [6.07, 6.45) is -7.43. The predicted molar refractivity (Wildman–Crippen MR) is 190 cm³/mol. The van der Waals surface area contributed by atoms with E-state index in [1.807, 2.05) is 25.9 Å². The van der Waals surface area contributed by atoms with Gasteiger partial charge in [0.1, 0.15) is 29.3 Å². The lowest BCUT2D eigenvalue weighted by atomic mass is 9.74. The number of cyclic esters (lactones) is 1. The van der Waals surface area contributed by atoms with Gasteiger partial charge in [-0.05, 0) is 66.6 Å². The monoisotopic (exact) mass is 743 g/mol. The highest BCUT2D eigenvalue weighted by molar-refractivity contribution is 7.85. The summed E-state index contributed by atoms with van der Waals surface area (Å²) in [7, 11) is 0.754. The number of hydrogen-bond acceptors (Lipinski definition) is 13. The van der Waals surface area contributed by atoms with Crippen molar-refractivity contribution in [2.45, 2.75) is 141 Å². The first-order chi connectivity index (χ1) is 23.6. The van der Waals surface area contributed by atoms with E-state index < -0.39 is 93.5 Å². The van der Waals surface area contributed by atoms with Gasteiger partial charge in [0, 0.05) is 30.9 Å². The molecule has 2 unspecified atom stereocenters. The second-order valence-corrected chi connectivity index (χ2v) is 16.9. The van der Waals surface area contributed by atoms with Gasteiger partial charge < -0.3 is 39.2 Å². The van der Waals surface area contributed by atoms with Crippen LogP contribution < -0.4 is 0 Å². The zero-order valence-corrected chi connectivity index (χ0v) is 32.8. The van der Waals surface area contributed by atoms with Crippen molar-refractivity contribution in [3.63, 3.8) is 0 Å². The molecule has 3 rings (SSSR count). The van der Waals surface area contributed by atoms with Crippen molar-refractivity contribution in [3.8, 4) is 0 Å². The van der Waals surface area contributed by atoms with E-state index in [1.54, 1.807) is 58.0 Å². The number of methoxy groups -OCH3 is 1. The predicted octanol–water partition coefficient (Wildman–Crippen LogP) is 3.07. The molecule has 0 aliphatic carbocycles. The molecule has 0 radical (unpaired) electrons. The van der Waals surface area contributed by atoms with Crippen LogP contribution in [0, 0.1) is 23.7 Å². The highest BCUT2D eigenvalue weighted by Gasteiger charge is 2.53. The summed E-state index contributed by atoms with van der Waals surface area (Å²) in [5.41, 5.74) is -2.94. The number of esters is 1. The van der Waals surface area contributed by atoms with Gasteiger partial charge in [-0.1, -0.05) is 58.0 Å². The SMILES string of the molecule is CC[C@H]1OC(=O)[C@H](C)[C@@H](OS(=O)(=O)Cc2ccccc2)[C@H](C)[C@@H](OC2O[C@H](C)C[C@H](N(C)C)C2O)[C@@](C)(OC)C[C@@H](C)C(=O)[C@H](C)[C@@H](O)[C@]1(C)O. The zero-order valence-electron chi connectivity index (χ0n) is 32.0. The molecule has 14 atom stereocenters. The van der Waals surface area contributed by atoms with Crippen molar-refractivity contribution >= 4 is 21.9 Å². The number of ketones is 1. The first kappa shape index (κ1) is 43.4. The molecule has 3 N–H and O–H groups in total. The van der Waals surface area contributed by atoms with Crippen molar-refractivity contribution < 1.29 is 56.5 Å². The van der Waals surface area contributed by atoms with Crippen LogP contribution in [0.4, 0.5) is 0 Å².